The molecule has 0 radical (unpaired) electrons. The van der Waals surface area contributed by atoms with Crippen LogP contribution in [0.25, 0.3) is 0 Å². The second kappa shape index (κ2) is 8.33. The maximum absolute atomic E-state index is 13.0. The molecular weight excluding hydrogens is 312 g/mol. The van der Waals surface area contributed by atoms with Crippen LogP contribution in [0.4, 0.5) is 0 Å². The van der Waals surface area contributed by atoms with E-state index in [0.717, 1.165) is 13.1 Å². The van der Waals surface area contributed by atoms with Gasteiger partial charge in [-0.25, -0.2) is 0 Å². The Morgan fingerprint density at radius 1 is 1.40 bits per heavy atom. The average Bonchev–Trinajstić information content (AvgIpc) is 2.63. The number of rotatable bonds is 4. The van der Waals surface area contributed by atoms with Gasteiger partial charge >= 0.3 is 0 Å². The molecule has 138 valence electrons. The third-order valence-corrected chi connectivity index (χ3v) is 5.93. The highest BCUT2D eigenvalue weighted by molar-refractivity contribution is 5.77. The SMILES string of the molecule is Cc1ccccc1C1CN(C(=O)CC(C)C2CCCNC2)C(C)CO1. The minimum absolute atomic E-state index is 0.00648. The summed E-state index contributed by atoms with van der Waals surface area (Å²) < 4.78 is 6.05. The van der Waals surface area contributed by atoms with E-state index in [-0.39, 0.29) is 18.1 Å². The van der Waals surface area contributed by atoms with Gasteiger partial charge in [-0.05, 0) is 62.7 Å². The summed E-state index contributed by atoms with van der Waals surface area (Å²) in [6.45, 7) is 9.90. The number of amides is 1. The Hall–Kier alpha value is -1.39. The molecule has 2 saturated heterocycles. The van der Waals surface area contributed by atoms with Crippen molar-refractivity contribution in [1.29, 1.82) is 0 Å². The third-order valence-electron chi connectivity index (χ3n) is 5.93. The Morgan fingerprint density at radius 3 is 2.92 bits per heavy atom. The predicted octanol–water partition coefficient (Wildman–Crippen LogP) is 3.31. The predicted molar refractivity (Wildman–Crippen MR) is 100 cm³/mol. The Kier molecular flexibility index (Phi) is 6.13. The van der Waals surface area contributed by atoms with Crippen LogP contribution in [-0.4, -0.2) is 43.1 Å². The van der Waals surface area contributed by atoms with Gasteiger partial charge in [-0.3, -0.25) is 4.79 Å². The van der Waals surface area contributed by atoms with E-state index < -0.39 is 0 Å². The number of nitrogens with one attached hydrogen (secondary N) is 1. The number of nitrogens with zero attached hydrogens (tertiary/aromatic N) is 1. The fourth-order valence-electron chi connectivity index (χ4n) is 4.16. The molecule has 1 aromatic carbocycles. The lowest BCUT2D eigenvalue weighted by Crippen LogP contribution is -2.49. The van der Waals surface area contributed by atoms with Gasteiger partial charge in [-0.1, -0.05) is 31.2 Å². The molecule has 0 aliphatic carbocycles. The quantitative estimate of drug-likeness (QED) is 0.911. The van der Waals surface area contributed by atoms with Gasteiger partial charge in [0, 0.05) is 6.42 Å². The summed E-state index contributed by atoms with van der Waals surface area (Å²) in [5, 5.41) is 3.47. The lowest BCUT2D eigenvalue weighted by molar-refractivity contribution is -0.145. The maximum Gasteiger partial charge on any atom is 0.223 e. The first kappa shape index (κ1) is 18.4. The Balaban J connectivity index is 1.63. The van der Waals surface area contributed by atoms with Gasteiger partial charge < -0.3 is 15.0 Å². The lowest BCUT2D eigenvalue weighted by atomic mass is 9.85. The van der Waals surface area contributed by atoms with Crippen LogP contribution in [-0.2, 0) is 9.53 Å². The van der Waals surface area contributed by atoms with E-state index in [1.165, 1.54) is 24.0 Å². The van der Waals surface area contributed by atoms with Gasteiger partial charge in [0.25, 0.3) is 0 Å². The summed E-state index contributed by atoms with van der Waals surface area (Å²) >= 11 is 0. The molecule has 2 aliphatic heterocycles. The number of morpholine rings is 1. The molecule has 4 nitrogen and oxygen atoms in total. The van der Waals surface area contributed by atoms with Crippen molar-refractivity contribution in [1.82, 2.24) is 10.2 Å². The summed E-state index contributed by atoms with van der Waals surface area (Å²) in [4.78, 5) is 15.0. The van der Waals surface area contributed by atoms with Gasteiger partial charge in [-0.2, -0.15) is 0 Å². The second-order valence-electron chi connectivity index (χ2n) is 7.86. The Bertz CT molecular complexity index is 583. The number of carbonyl (C=O) groups is 1. The molecule has 0 saturated carbocycles. The smallest absolute Gasteiger partial charge is 0.223 e. The largest absolute Gasteiger partial charge is 0.370 e. The number of aryl methyl sites for hydroxylation is 1. The van der Waals surface area contributed by atoms with Crippen LogP contribution in [0.2, 0.25) is 0 Å². The summed E-state index contributed by atoms with van der Waals surface area (Å²) in [6.07, 6.45) is 3.11. The van der Waals surface area contributed by atoms with Gasteiger partial charge in [0.2, 0.25) is 5.91 Å². The van der Waals surface area contributed by atoms with Crippen molar-refractivity contribution >= 4 is 5.91 Å². The van der Waals surface area contributed by atoms with Gasteiger partial charge in [0.05, 0.1) is 19.2 Å². The number of benzene rings is 1. The molecule has 1 aromatic rings. The van der Waals surface area contributed by atoms with Crippen molar-refractivity contribution in [3.05, 3.63) is 35.4 Å². The van der Waals surface area contributed by atoms with Gasteiger partial charge in [0.1, 0.15) is 6.10 Å². The topological polar surface area (TPSA) is 41.6 Å². The van der Waals surface area contributed by atoms with E-state index >= 15 is 0 Å². The van der Waals surface area contributed by atoms with Crippen LogP contribution < -0.4 is 5.32 Å². The van der Waals surface area contributed by atoms with Crippen LogP contribution in [0.1, 0.15) is 50.3 Å². The van der Waals surface area contributed by atoms with Crippen molar-refractivity contribution < 1.29 is 9.53 Å². The van der Waals surface area contributed by atoms with Crippen molar-refractivity contribution in [3.8, 4) is 0 Å². The normalized spacial score (nSPS) is 28.6. The van der Waals surface area contributed by atoms with E-state index in [2.05, 4.69) is 38.2 Å². The van der Waals surface area contributed by atoms with E-state index in [1.54, 1.807) is 0 Å². The van der Waals surface area contributed by atoms with Crippen molar-refractivity contribution in [2.45, 2.75) is 52.2 Å². The van der Waals surface area contributed by atoms with Crippen LogP contribution in [0.3, 0.4) is 0 Å². The lowest BCUT2D eigenvalue weighted by Gasteiger charge is -2.39. The minimum atomic E-state index is -0.00648. The van der Waals surface area contributed by atoms with E-state index in [9.17, 15) is 4.79 Å². The molecule has 2 heterocycles. The van der Waals surface area contributed by atoms with Crippen molar-refractivity contribution in [3.63, 3.8) is 0 Å². The van der Waals surface area contributed by atoms with Crippen LogP contribution in [0.15, 0.2) is 24.3 Å². The van der Waals surface area contributed by atoms with E-state index in [0.29, 0.717) is 31.4 Å². The number of hydrogen-bond acceptors (Lipinski definition) is 3. The van der Waals surface area contributed by atoms with Crippen molar-refractivity contribution in [2.24, 2.45) is 11.8 Å². The Labute approximate surface area is 151 Å². The fourth-order valence-corrected chi connectivity index (χ4v) is 4.16. The first-order chi connectivity index (χ1) is 12.1. The highest BCUT2D eigenvalue weighted by Crippen LogP contribution is 2.29. The molecule has 2 aliphatic rings. The van der Waals surface area contributed by atoms with E-state index in [4.69, 9.17) is 4.74 Å². The molecule has 0 spiro atoms. The molecule has 2 fully saturated rings. The van der Waals surface area contributed by atoms with Crippen LogP contribution >= 0.6 is 0 Å². The Morgan fingerprint density at radius 2 is 2.20 bits per heavy atom. The number of piperidine rings is 1. The summed E-state index contributed by atoms with van der Waals surface area (Å²) in [5.74, 6) is 1.35. The number of carbonyl (C=O) groups excluding carboxylic acids is 1. The van der Waals surface area contributed by atoms with Crippen molar-refractivity contribution in [2.75, 3.05) is 26.2 Å². The molecule has 1 amide bonds. The van der Waals surface area contributed by atoms with Crippen LogP contribution in [0.5, 0.6) is 0 Å². The first-order valence-electron chi connectivity index (χ1n) is 9.73. The van der Waals surface area contributed by atoms with Gasteiger partial charge in [-0.15, -0.1) is 0 Å². The molecule has 25 heavy (non-hydrogen) atoms. The zero-order valence-electron chi connectivity index (χ0n) is 15.8. The summed E-state index contributed by atoms with van der Waals surface area (Å²) in [7, 11) is 0. The molecule has 0 bridgehead atoms. The molecule has 4 heteroatoms. The molecule has 4 unspecified atom stereocenters. The fraction of sp³-hybridized carbons (Fsp3) is 0.667. The van der Waals surface area contributed by atoms with E-state index in [1.807, 2.05) is 17.0 Å². The van der Waals surface area contributed by atoms with Gasteiger partial charge in [0.15, 0.2) is 0 Å². The zero-order chi connectivity index (χ0) is 17.8. The maximum atomic E-state index is 13.0. The summed E-state index contributed by atoms with van der Waals surface area (Å²) in [6, 6.07) is 8.49. The molecular formula is C21H32N2O2. The first-order valence-corrected chi connectivity index (χ1v) is 9.73. The third kappa shape index (κ3) is 4.42. The second-order valence-corrected chi connectivity index (χ2v) is 7.86. The molecule has 1 N–H and O–H groups in total. The zero-order valence-corrected chi connectivity index (χ0v) is 15.8. The summed E-state index contributed by atoms with van der Waals surface area (Å²) in [5.41, 5.74) is 2.44. The molecule has 3 rings (SSSR count). The standard InChI is InChI=1S/C21H32N2O2/c1-15-7-4-5-9-19(15)20-13-23(17(3)14-25-20)21(24)11-16(2)18-8-6-10-22-12-18/h4-5,7,9,16-18,20,22H,6,8,10-14H2,1-3H3. The highest BCUT2D eigenvalue weighted by Gasteiger charge is 2.32. The van der Waals surface area contributed by atoms with Crippen LogP contribution in [0, 0.1) is 18.8 Å². The molecule has 0 aromatic heterocycles. The highest BCUT2D eigenvalue weighted by atomic mass is 16.5. The number of hydrogen-bond donors (Lipinski definition) is 1. The molecule has 4 atom stereocenters. The monoisotopic (exact) mass is 344 g/mol. The number of ether oxygens (including phenoxy) is 1. The average molecular weight is 344 g/mol. The minimum Gasteiger partial charge on any atom is -0.370 e.